The first-order chi connectivity index (χ1) is 8.27. The Morgan fingerprint density at radius 1 is 1.00 bits per heavy atom. The van der Waals surface area contributed by atoms with Crippen molar-refractivity contribution in [2.75, 3.05) is 0 Å². The van der Waals surface area contributed by atoms with Gasteiger partial charge < -0.3 is 0 Å². The van der Waals surface area contributed by atoms with Gasteiger partial charge in [0.25, 0.3) is 0 Å². The van der Waals surface area contributed by atoms with Crippen molar-refractivity contribution in [1.29, 1.82) is 0 Å². The minimum absolute atomic E-state index is 1.01. The van der Waals surface area contributed by atoms with Crippen molar-refractivity contribution in [3.8, 4) is 11.3 Å². The molecule has 3 heteroatoms. The van der Waals surface area contributed by atoms with Crippen LogP contribution in [0.1, 0.15) is 5.69 Å². The van der Waals surface area contributed by atoms with E-state index < -0.39 is 0 Å². The Hall–Kier alpha value is -1.36. The van der Waals surface area contributed by atoms with E-state index in [0.29, 0.717) is 0 Å². The maximum atomic E-state index is 4.60. The molecule has 0 amide bonds. The number of fused-ring (bicyclic) bond motifs is 1. The van der Waals surface area contributed by atoms with Crippen molar-refractivity contribution in [1.82, 2.24) is 9.38 Å². The molecule has 0 radical (unpaired) electrons. The molecule has 0 aliphatic heterocycles. The SMILES string of the molecule is Cc1cccc2nc(I)c(-c3ccccc3)n12. The summed E-state index contributed by atoms with van der Waals surface area (Å²) in [5.41, 5.74) is 4.60. The van der Waals surface area contributed by atoms with E-state index in [-0.39, 0.29) is 0 Å². The van der Waals surface area contributed by atoms with Gasteiger partial charge in [-0.25, -0.2) is 4.98 Å². The van der Waals surface area contributed by atoms with Crippen LogP contribution >= 0.6 is 22.6 Å². The third kappa shape index (κ3) is 1.74. The van der Waals surface area contributed by atoms with Crippen molar-refractivity contribution in [3.05, 3.63) is 57.9 Å². The highest BCUT2D eigenvalue weighted by Crippen LogP contribution is 2.27. The summed E-state index contributed by atoms with van der Waals surface area (Å²) in [4.78, 5) is 4.60. The molecular weight excluding hydrogens is 323 g/mol. The molecule has 2 nitrogen and oxygen atoms in total. The Labute approximate surface area is 113 Å². The minimum Gasteiger partial charge on any atom is -0.296 e. The molecule has 2 aromatic heterocycles. The Morgan fingerprint density at radius 2 is 1.76 bits per heavy atom. The zero-order chi connectivity index (χ0) is 11.8. The number of imidazole rings is 1. The van der Waals surface area contributed by atoms with Gasteiger partial charge in [0.2, 0.25) is 0 Å². The fourth-order valence-corrected chi connectivity index (χ4v) is 2.87. The molecule has 0 atom stereocenters. The molecule has 3 rings (SSSR count). The largest absolute Gasteiger partial charge is 0.296 e. The van der Waals surface area contributed by atoms with Gasteiger partial charge in [-0.1, -0.05) is 36.4 Å². The van der Waals surface area contributed by atoms with Gasteiger partial charge >= 0.3 is 0 Å². The minimum atomic E-state index is 1.01. The van der Waals surface area contributed by atoms with Crippen LogP contribution in [-0.2, 0) is 0 Å². The van der Waals surface area contributed by atoms with Crippen molar-refractivity contribution >= 4 is 28.2 Å². The molecule has 17 heavy (non-hydrogen) atoms. The second kappa shape index (κ2) is 4.14. The van der Waals surface area contributed by atoms with Crippen LogP contribution in [0.2, 0.25) is 0 Å². The lowest BCUT2D eigenvalue weighted by molar-refractivity contribution is 1.10. The summed E-state index contributed by atoms with van der Waals surface area (Å²) in [6.07, 6.45) is 0. The molecule has 0 bridgehead atoms. The van der Waals surface area contributed by atoms with E-state index in [9.17, 15) is 0 Å². The average molecular weight is 334 g/mol. The van der Waals surface area contributed by atoms with E-state index in [2.05, 4.69) is 69.2 Å². The summed E-state index contributed by atoms with van der Waals surface area (Å²) in [5.74, 6) is 0. The van der Waals surface area contributed by atoms with Crippen LogP contribution in [0, 0.1) is 10.6 Å². The highest BCUT2D eigenvalue weighted by atomic mass is 127. The van der Waals surface area contributed by atoms with E-state index in [1.807, 2.05) is 18.2 Å². The van der Waals surface area contributed by atoms with E-state index in [4.69, 9.17) is 0 Å². The number of nitrogens with zero attached hydrogens (tertiary/aromatic N) is 2. The molecule has 0 fully saturated rings. The lowest BCUT2D eigenvalue weighted by Gasteiger charge is -2.05. The van der Waals surface area contributed by atoms with Crippen LogP contribution in [0.25, 0.3) is 16.9 Å². The fraction of sp³-hybridized carbons (Fsp3) is 0.0714. The molecule has 3 aromatic rings. The summed E-state index contributed by atoms with van der Waals surface area (Å²) in [6, 6.07) is 16.6. The lowest BCUT2D eigenvalue weighted by Crippen LogP contribution is -1.93. The van der Waals surface area contributed by atoms with E-state index in [0.717, 1.165) is 9.35 Å². The van der Waals surface area contributed by atoms with Crippen LogP contribution in [0.15, 0.2) is 48.5 Å². The topological polar surface area (TPSA) is 17.3 Å². The number of hydrogen-bond acceptors (Lipinski definition) is 1. The predicted molar refractivity (Wildman–Crippen MR) is 78.1 cm³/mol. The highest BCUT2D eigenvalue weighted by Gasteiger charge is 2.12. The second-order valence-corrected chi connectivity index (χ2v) is 5.00. The zero-order valence-electron chi connectivity index (χ0n) is 9.39. The maximum absolute atomic E-state index is 4.60. The van der Waals surface area contributed by atoms with Gasteiger partial charge in [-0.3, -0.25) is 4.40 Å². The fourth-order valence-electron chi connectivity index (χ4n) is 2.07. The van der Waals surface area contributed by atoms with Crippen LogP contribution < -0.4 is 0 Å². The summed E-state index contributed by atoms with van der Waals surface area (Å²) in [7, 11) is 0. The number of pyridine rings is 1. The molecule has 0 unspecified atom stereocenters. The number of aromatic nitrogens is 2. The monoisotopic (exact) mass is 334 g/mol. The van der Waals surface area contributed by atoms with Gasteiger partial charge in [-0.05, 0) is 41.6 Å². The van der Waals surface area contributed by atoms with Crippen LogP contribution in [0.4, 0.5) is 0 Å². The van der Waals surface area contributed by atoms with E-state index in [1.165, 1.54) is 17.0 Å². The molecule has 0 aliphatic rings. The maximum Gasteiger partial charge on any atom is 0.138 e. The Kier molecular flexibility index (Phi) is 2.63. The van der Waals surface area contributed by atoms with Crippen molar-refractivity contribution in [2.24, 2.45) is 0 Å². The summed E-state index contributed by atoms with van der Waals surface area (Å²) in [6.45, 7) is 2.11. The number of hydrogen-bond donors (Lipinski definition) is 0. The molecule has 2 heterocycles. The smallest absolute Gasteiger partial charge is 0.138 e. The van der Waals surface area contributed by atoms with Gasteiger partial charge in [0.1, 0.15) is 9.35 Å². The number of rotatable bonds is 1. The lowest BCUT2D eigenvalue weighted by atomic mass is 10.2. The van der Waals surface area contributed by atoms with Crippen LogP contribution in [-0.4, -0.2) is 9.38 Å². The first kappa shape index (κ1) is 10.8. The number of benzene rings is 1. The molecule has 84 valence electrons. The molecule has 0 aliphatic carbocycles. The molecular formula is C14H11IN2. The standard InChI is InChI=1S/C14H11IN2/c1-10-6-5-9-12-16-14(15)13(17(10)12)11-7-3-2-4-8-11/h2-9H,1H3. The van der Waals surface area contributed by atoms with E-state index >= 15 is 0 Å². The van der Waals surface area contributed by atoms with Crippen LogP contribution in [0.5, 0.6) is 0 Å². The number of halogens is 1. The first-order valence-electron chi connectivity index (χ1n) is 5.46. The Bertz CT molecular complexity index is 671. The van der Waals surface area contributed by atoms with Gasteiger partial charge in [0.05, 0.1) is 5.69 Å². The number of aryl methyl sites for hydroxylation is 1. The van der Waals surface area contributed by atoms with Gasteiger partial charge in [-0.15, -0.1) is 0 Å². The van der Waals surface area contributed by atoms with Crippen LogP contribution in [0.3, 0.4) is 0 Å². The first-order valence-corrected chi connectivity index (χ1v) is 6.54. The molecule has 0 saturated heterocycles. The molecule has 0 saturated carbocycles. The summed E-state index contributed by atoms with van der Waals surface area (Å²) < 4.78 is 3.25. The average Bonchev–Trinajstić information content (AvgIpc) is 2.68. The second-order valence-electron chi connectivity index (χ2n) is 3.98. The van der Waals surface area contributed by atoms with Crippen molar-refractivity contribution < 1.29 is 0 Å². The van der Waals surface area contributed by atoms with Crippen molar-refractivity contribution in [3.63, 3.8) is 0 Å². The Balaban J connectivity index is 2.40. The summed E-state index contributed by atoms with van der Waals surface area (Å²) >= 11 is 2.30. The van der Waals surface area contributed by atoms with Gasteiger partial charge in [0, 0.05) is 11.3 Å². The molecule has 0 N–H and O–H groups in total. The quantitative estimate of drug-likeness (QED) is 0.617. The molecule has 0 spiro atoms. The van der Waals surface area contributed by atoms with Crippen molar-refractivity contribution in [2.45, 2.75) is 6.92 Å². The third-order valence-electron chi connectivity index (χ3n) is 2.84. The third-order valence-corrected chi connectivity index (χ3v) is 3.60. The zero-order valence-corrected chi connectivity index (χ0v) is 11.5. The normalized spacial score (nSPS) is 10.9. The molecule has 1 aromatic carbocycles. The Morgan fingerprint density at radius 3 is 2.53 bits per heavy atom. The highest BCUT2D eigenvalue weighted by molar-refractivity contribution is 14.1. The predicted octanol–water partition coefficient (Wildman–Crippen LogP) is 3.91. The van der Waals surface area contributed by atoms with E-state index in [1.54, 1.807) is 0 Å². The van der Waals surface area contributed by atoms with Gasteiger partial charge in [-0.2, -0.15) is 0 Å². The summed E-state index contributed by atoms with van der Waals surface area (Å²) in [5, 5.41) is 0. The van der Waals surface area contributed by atoms with Gasteiger partial charge in [0.15, 0.2) is 0 Å².